The van der Waals surface area contributed by atoms with Crippen molar-refractivity contribution in [3.05, 3.63) is 10.1 Å². The Morgan fingerprint density at radius 2 is 1.37 bits per heavy atom. The summed E-state index contributed by atoms with van der Waals surface area (Å²) < 4.78 is -1.40. The van der Waals surface area contributed by atoms with Crippen LogP contribution >= 0.6 is 81.2 Å². The van der Waals surface area contributed by atoms with Crippen molar-refractivity contribution in [2.45, 2.75) is 32.3 Å². The fraction of sp³-hybridized carbons (Fsp3) is 0.833. The maximum atomic E-state index is 6.80. The molecule has 0 heterocycles. The molecule has 0 aromatic carbocycles. The van der Waals surface area contributed by atoms with Gasteiger partial charge in [-0.1, -0.05) is 46.4 Å². The minimum absolute atomic E-state index is 0.00193. The number of fused-ring (bicyclic) bond motifs is 9. The van der Waals surface area contributed by atoms with Crippen molar-refractivity contribution in [3.63, 3.8) is 0 Å². The standard InChI is InChI=1S/C12H9Cl7/c13-5-2-3-1-4(5)7-6(3)10(16)8(14)9(15)11(7,17)12(10,18)19/h3-7H,1-2H2/t3-,4-,5+,6+,7+,10-,11-/m0/s1. The Bertz CT molecular complexity index is 514. The van der Waals surface area contributed by atoms with Gasteiger partial charge in [-0.15, -0.1) is 34.8 Å². The van der Waals surface area contributed by atoms with Crippen molar-refractivity contribution in [1.29, 1.82) is 0 Å². The molecule has 3 saturated carbocycles. The van der Waals surface area contributed by atoms with E-state index in [4.69, 9.17) is 81.2 Å². The first-order chi connectivity index (χ1) is 8.69. The van der Waals surface area contributed by atoms with E-state index in [1.54, 1.807) is 0 Å². The van der Waals surface area contributed by atoms with E-state index in [1.165, 1.54) is 0 Å². The molecule has 7 heteroatoms. The average molecular weight is 401 g/mol. The zero-order valence-electron chi connectivity index (χ0n) is 9.45. The molecule has 0 aromatic heterocycles. The number of halogens is 7. The van der Waals surface area contributed by atoms with E-state index in [0.29, 0.717) is 16.0 Å². The summed E-state index contributed by atoms with van der Waals surface area (Å²) in [7, 11) is 0. The number of allylic oxidation sites excluding steroid dienone is 2. The molecule has 0 nitrogen and oxygen atoms in total. The molecule has 106 valence electrons. The fourth-order valence-electron chi connectivity index (χ4n) is 4.97. The Balaban J connectivity index is 1.99. The smallest absolute Gasteiger partial charge is 0.123 e. The molecule has 0 aromatic rings. The van der Waals surface area contributed by atoms with E-state index in [1.807, 2.05) is 0 Å². The molecular weight excluding hydrogens is 392 g/mol. The number of alkyl halides is 5. The molecular formula is C12H9Cl7. The molecule has 0 radical (unpaired) electrons. The highest BCUT2D eigenvalue weighted by molar-refractivity contribution is 6.65. The van der Waals surface area contributed by atoms with Crippen LogP contribution in [-0.2, 0) is 0 Å². The van der Waals surface area contributed by atoms with Gasteiger partial charge in [-0.25, -0.2) is 0 Å². The lowest BCUT2D eigenvalue weighted by atomic mass is 9.72. The van der Waals surface area contributed by atoms with E-state index in [0.717, 1.165) is 12.8 Å². The third-order valence-electron chi connectivity index (χ3n) is 5.59. The van der Waals surface area contributed by atoms with Crippen LogP contribution in [-0.4, -0.2) is 19.5 Å². The normalized spacial score (nSPS) is 61.1. The van der Waals surface area contributed by atoms with Gasteiger partial charge in [0, 0.05) is 5.38 Å². The molecule has 4 rings (SSSR count). The third-order valence-corrected chi connectivity index (χ3v) is 10.4. The number of hydrogen-bond acceptors (Lipinski definition) is 0. The highest BCUT2D eigenvalue weighted by Crippen LogP contribution is 2.82. The summed E-state index contributed by atoms with van der Waals surface area (Å²) >= 11 is 45.8. The van der Waals surface area contributed by atoms with Gasteiger partial charge in [0.05, 0.1) is 10.1 Å². The van der Waals surface area contributed by atoms with Crippen LogP contribution in [0, 0.1) is 23.7 Å². The topological polar surface area (TPSA) is 0 Å². The SMILES string of the molecule is ClC1=C(Cl)[C@@]2(Cl)[C@@H]3[C@H]4C[C@@H](C[C@H]4Cl)[C@H]3[C@@]1(Cl)C2(Cl)Cl. The van der Waals surface area contributed by atoms with Gasteiger partial charge in [0.25, 0.3) is 0 Å². The predicted octanol–water partition coefficient (Wildman–Crippen LogP) is 5.71. The monoisotopic (exact) mass is 398 g/mol. The lowest BCUT2D eigenvalue weighted by molar-refractivity contribution is 0.222. The second-order valence-electron chi connectivity index (χ2n) is 6.09. The van der Waals surface area contributed by atoms with Gasteiger partial charge in [0.1, 0.15) is 9.75 Å². The first-order valence-electron chi connectivity index (χ1n) is 6.15. The van der Waals surface area contributed by atoms with Gasteiger partial charge in [0.2, 0.25) is 0 Å². The molecule has 19 heavy (non-hydrogen) atoms. The first-order valence-corrected chi connectivity index (χ1v) is 8.85. The Morgan fingerprint density at radius 3 is 1.95 bits per heavy atom. The minimum atomic E-state index is -1.40. The summed E-state index contributed by atoms with van der Waals surface area (Å²) in [5.41, 5.74) is 0. The maximum absolute atomic E-state index is 6.80. The molecule has 0 N–H and O–H groups in total. The van der Waals surface area contributed by atoms with Gasteiger partial charge in [-0.3, -0.25) is 0 Å². The summed E-state index contributed by atoms with van der Waals surface area (Å²) in [6, 6.07) is 0. The third kappa shape index (κ3) is 1.21. The van der Waals surface area contributed by atoms with Crippen molar-refractivity contribution in [1.82, 2.24) is 0 Å². The Labute approximate surface area is 146 Å². The Kier molecular flexibility index (Phi) is 2.88. The summed E-state index contributed by atoms with van der Waals surface area (Å²) in [5.74, 6) is 0.672. The molecule has 4 aliphatic carbocycles. The number of hydrogen-bond donors (Lipinski definition) is 0. The van der Waals surface area contributed by atoms with Crippen molar-refractivity contribution in [3.8, 4) is 0 Å². The van der Waals surface area contributed by atoms with Crippen LogP contribution in [0.1, 0.15) is 12.8 Å². The lowest BCUT2D eigenvalue weighted by Gasteiger charge is -2.41. The molecule has 7 atom stereocenters. The van der Waals surface area contributed by atoms with E-state index in [2.05, 4.69) is 0 Å². The highest BCUT2D eigenvalue weighted by atomic mass is 35.5. The molecule has 0 saturated heterocycles. The van der Waals surface area contributed by atoms with Gasteiger partial charge in [-0.2, -0.15) is 0 Å². The van der Waals surface area contributed by atoms with Crippen LogP contribution in [0.3, 0.4) is 0 Å². The zero-order chi connectivity index (χ0) is 14.0. The molecule has 0 aliphatic heterocycles. The second kappa shape index (κ2) is 3.81. The van der Waals surface area contributed by atoms with Gasteiger partial charge in [-0.05, 0) is 36.5 Å². The van der Waals surface area contributed by atoms with Crippen LogP contribution in [0.15, 0.2) is 10.1 Å². The Hall–Kier alpha value is 1.77. The summed E-state index contributed by atoms with van der Waals surface area (Å²) in [6.45, 7) is 0. The van der Waals surface area contributed by atoms with Crippen molar-refractivity contribution in [2.24, 2.45) is 23.7 Å². The first kappa shape index (κ1) is 14.4. The maximum Gasteiger partial charge on any atom is 0.166 e. The summed E-state index contributed by atoms with van der Waals surface area (Å²) in [6.07, 6.45) is 1.92. The highest BCUT2D eigenvalue weighted by Gasteiger charge is 2.86. The van der Waals surface area contributed by atoms with Gasteiger partial charge >= 0.3 is 0 Å². The van der Waals surface area contributed by atoms with Crippen molar-refractivity contribution >= 4 is 81.2 Å². The molecule has 4 aliphatic rings. The van der Waals surface area contributed by atoms with Crippen molar-refractivity contribution in [2.75, 3.05) is 0 Å². The Morgan fingerprint density at radius 1 is 0.842 bits per heavy atom. The van der Waals surface area contributed by atoms with Crippen molar-refractivity contribution < 1.29 is 0 Å². The lowest BCUT2D eigenvalue weighted by Crippen LogP contribution is -2.46. The predicted molar refractivity (Wildman–Crippen MR) is 83.2 cm³/mol. The average Bonchev–Trinajstić information content (AvgIpc) is 2.95. The van der Waals surface area contributed by atoms with E-state index in [-0.39, 0.29) is 23.1 Å². The largest absolute Gasteiger partial charge is 0.166 e. The van der Waals surface area contributed by atoms with Crippen LogP contribution in [0.25, 0.3) is 0 Å². The van der Waals surface area contributed by atoms with Gasteiger partial charge < -0.3 is 0 Å². The van der Waals surface area contributed by atoms with E-state index in [9.17, 15) is 0 Å². The van der Waals surface area contributed by atoms with Crippen LogP contribution in [0.4, 0.5) is 0 Å². The molecule has 0 amide bonds. The fourth-order valence-corrected chi connectivity index (χ4v) is 8.61. The summed E-state index contributed by atoms with van der Waals surface area (Å²) in [4.78, 5) is -2.20. The quantitative estimate of drug-likeness (QED) is 0.360. The molecule has 0 spiro atoms. The molecule has 0 unspecified atom stereocenters. The molecule has 3 fully saturated rings. The van der Waals surface area contributed by atoms with Crippen LogP contribution in [0.2, 0.25) is 0 Å². The second-order valence-corrected chi connectivity index (χ2v) is 9.93. The molecule has 4 bridgehead atoms. The zero-order valence-corrected chi connectivity index (χ0v) is 14.7. The minimum Gasteiger partial charge on any atom is -0.123 e. The van der Waals surface area contributed by atoms with E-state index < -0.39 is 14.1 Å². The van der Waals surface area contributed by atoms with E-state index >= 15 is 0 Å². The summed E-state index contributed by atoms with van der Waals surface area (Å²) in [5, 5.41) is 0.707. The van der Waals surface area contributed by atoms with Crippen LogP contribution < -0.4 is 0 Å². The number of rotatable bonds is 0. The van der Waals surface area contributed by atoms with Gasteiger partial charge in [0.15, 0.2) is 4.33 Å². The van der Waals surface area contributed by atoms with Crippen LogP contribution in [0.5, 0.6) is 0 Å².